The van der Waals surface area contributed by atoms with Gasteiger partial charge >= 0.3 is 0 Å². The Kier molecular flexibility index (Phi) is 7.89. The summed E-state index contributed by atoms with van der Waals surface area (Å²) in [5.74, 6) is 3.19. The Bertz CT molecular complexity index is 2240. The monoisotopic (exact) mass is 677 g/mol. The first-order valence-electron chi connectivity index (χ1n) is 20.3. The summed E-state index contributed by atoms with van der Waals surface area (Å²) in [6.07, 6.45) is 13.8. The topological polar surface area (TPSA) is 3.24 Å². The first kappa shape index (κ1) is 32.1. The molecule has 260 valence electrons. The number of rotatable bonds is 6. The lowest BCUT2D eigenvalue weighted by atomic mass is 9.63. The molecular formula is C51H51N. The molecule has 52 heavy (non-hydrogen) atoms. The number of benzene rings is 6. The van der Waals surface area contributed by atoms with Crippen molar-refractivity contribution in [2.45, 2.75) is 95.3 Å². The summed E-state index contributed by atoms with van der Waals surface area (Å²) in [5.41, 5.74) is 14.8. The summed E-state index contributed by atoms with van der Waals surface area (Å²) in [4.78, 5) is 2.58. The first-order valence-corrected chi connectivity index (χ1v) is 20.3. The van der Waals surface area contributed by atoms with Crippen LogP contribution < -0.4 is 4.90 Å². The molecule has 0 aromatic heterocycles. The summed E-state index contributed by atoms with van der Waals surface area (Å²) in [6, 6.07) is 49.4. The van der Waals surface area contributed by atoms with Crippen molar-refractivity contribution in [1.82, 2.24) is 0 Å². The van der Waals surface area contributed by atoms with Gasteiger partial charge in [0.05, 0.1) is 5.69 Å². The number of nitrogens with zero attached hydrogens (tertiary/aromatic N) is 1. The van der Waals surface area contributed by atoms with Gasteiger partial charge in [0.15, 0.2) is 0 Å². The van der Waals surface area contributed by atoms with E-state index in [1.807, 2.05) is 0 Å². The van der Waals surface area contributed by atoms with E-state index in [1.54, 1.807) is 5.56 Å². The van der Waals surface area contributed by atoms with Gasteiger partial charge in [0.25, 0.3) is 0 Å². The molecule has 0 aliphatic heterocycles. The fourth-order valence-electron chi connectivity index (χ4n) is 11.0. The van der Waals surface area contributed by atoms with Gasteiger partial charge in [-0.15, -0.1) is 0 Å². The third-order valence-electron chi connectivity index (χ3n) is 13.9. The van der Waals surface area contributed by atoms with Crippen LogP contribution in [0.5, 0.6) is 0 Å². The molecule has 11 rings (SSSR count). The second kappa shape index (κ2) is 12.8. The quantitative estimate of drug-likeness (QED) is 0.170. The van der Waals surface area contributed by atoms with Crippen molar-refractivity contribution in [1.29, 1.82) is 0 Å². The number of fused-ring (bicyclic) bond motifs is 7. The zero-order valence-electron chi connectivity index (χ0n) is 31.0. The lowest BCUT2D eigenvalue weighted by Crippen LogP contribution is -2.29. The maximum absolute atomic E-state index is 2.58. The Morgan fingerprint density at radius 3 is 1.90 bits per heavy atom. The zero-order chi connectivity index (χ0) is 34.8. The average Bonchev–Trinajstić information content (AvgIpc) is 3.44. The van der Waals surface area contributed by atoms with Crippen LogP contribution in [0.15, 0.2) is 127 Å². The maximum atomic E-state index is 2.58. The smallest absolute Gasteiger partial charge is 0.0543 e. The summed E-state index contributed by atoms with van der Waals surface area (Å²) in [7, 11) is 0. The van der Waals surface area contributed by atoms with Gasteiger partial charge in [-0.1, -0.05) is 137 Å². The van der Waals surface area contributed by atoms with Crippen molar-refractivity contribution < 1.29 is 0 Å². The highest BCUT2D eigenvalue weighted by Gasteiger charge is 2.38. The van der Waals surface area contributed by atoms with E-state index in [9.17, 15) is 0 Å². The Labute approximate surface area is 310 Å². The van der Waals surface area contributed by atoms with Crippen molar-refractivity contribution in [3.8, 4) is 22.3 Å². The highest BCUT2D eigenvalue weighted by Crippen LogP contribution is 2.55. The average molecular weight is 678 g/mol. The van der Waals surface area contributed by atoms with Gasteiger partial charge in [0.1, 0.15) is 0 Å². The lowest BCUT2D eigenvalue weighted by molar-refractivity contribution is 0.145. The fraction of sp³-hybridized carbons (Fsp3) is 0.333. The largest absolute Gasteiger partial charge is 0.310 e. The van der Waals surface area contributed by atoms with Crippen molar-refractivity contribution >= 4 is 27.8 Å². The van der Waals surface area contributed by atoms with Crippen LogP contribution >= 0.6 is 0 Å². The Balaban J connectivity index is 1.18. The van der Waals surface area contributed by atoms with Crippen molar-refractivity contribution in [2.24, 2.45) is 11.8 Å². The Morgan fingerprint density at radius 1 is 0.519 bits per heavy atom. The van der Waals surface area contributed by atoms with Crippen LogP contribution in [-0.4, -0.2) is 0 Å². The molecular weight excluding hydrogens is 627 g/mol. The fourth-order valence-corrected chi connectivity index (χ4v) is 11.0. The van der Waals surface area contributed by atoms with Gasteiger partial charge in [0.2, 0.25) is 0 Å². The van der Waals surface area contributed by atoms with E-state index in [1.165, 1.54) is 131 Å². The summed E-state index contributed by atoms with van der Waals surface area (Å²) < 4.78 is 0. The van der Waals surface area contributed by atoms with E-state index in [2.05, 4.69) is 146 Å². The maximum Gasteiger partial charge on any atom is 0.0543 e. The second-order valence-corrected chi connectivity index (χ2v) is 17.1. The molecule has 6 aromatic carbocycles. The van der Waals surface area contributed by atoms with E-state index in [4.69, 9.17) is 0 Å². The number of hydrogen-bond acceptors (Lipinski definition) is 1. The standard InChI is InChI=1S/C51H51N/c1-51(2)48-18-9-8-16-44(48)46-32-47(43-17-10-14-37-13-6-7-15-42(37)43)50(33-49(46)51)52(40-27-23-36(24-28-40)35-11-4-3-5-12-35)41-29-25-39(26-30-41)45-31-34-19-21-38(45)22-20-34/h6-10,13-18,23-30,32-35,38,45H,3-5,11-12,19-22,31H2,1-2H3. The zero-order valence-corrected chi connectivity index (χ0v) is 31.0. The molecule has 4 saturated carbocycles. The third-order valence-corrected chi connectivity index (χ3v) is 13.9. The summed E-state index contributed by atoms with van der Waals surface area (Å²) in [5, 5.41) is 2.58. The van der Waals surface area contributed by atoms with Gasteiger partial charge < -0.3 is 4.90 Å². The van der Waals surface area contributed by atoms with E-state index >= 15 is 0 Å². The highest BCUT2D eigenvalue weighted by atomic mass is 15.1. The molecule has 0 amide bonds. The summed E-state index contributed by atoms with van der Waals surface area (Å²) in [6.45, 7) is 4.82. The predicted octanol–water partition coefficient (Wildman–Crippen LogP) is 14.6. The molecule has 0 radical (unpaired) electrons. The second-order valence-electron chi connectivity index (χ2n) is 17.1. The first-order chi connectivity index (χ1) is 25.5. The van der Waals surface area contributed by atoms with E-state index < -0.39 is 0 Å². The molecule has 0 heterocycles. The van der Waals surface area contributed by atoms with E-state index in [0.717, 1.165) is 17.8 Å². The molecule has 0 N–H and O–H groups in total. The number of hydrogen-bond donors (Lipinski definition) is 0. The molecule has 2 bridgehead atoms. The SMILES string of the molecule is CC1(C)c2ccccc2-c2cc(-c3cccc4ccccc34)c(N(c3ccc(C4CCCCC4)cc3)c3ccc(C4CC5CCC4CC5)cc3)cc21. The van der Waals surface area contributed by atoms with Crippen LogP contribution in [0.2, 0.25) is 0 Å². The van der Waals surface area contributed by atoms with Gasteiger partial charge in [0, 0.05) is 22.4 Å². The predicted molar refractivity (Wildman–Crippen MR) is 220 cm³/mol. The molecule has 0 saturated heterocycles. The molecule has 1 heteroatoms. The van der Waals surface area contributed by atoms with Crippen LogP contribution in [0.4, 0.5) is 17.1 Å². The minimum absolute atomic E-state index is 0.0986. The normalized spacial score (nSPS) is 21.9. The lowest BCUT2D eigenvalue weighted by Gasteiger charge is -2.42. The molecule has 4 fully saturated rings. The minimum atomic E-state index is -0.0986. The Morgan fingerprint density at radius 2 is 1.17 bits per heavy atom. The van der Waals surface area contributed by atoms with E-state index in [-0.39, 0.29) is 5.41 Å². The van der Waals surface area contributed by atoms with Crippen LogP contribution in [0.1, 0.15) is 112 Å². The molecule has 6 aromatic rings. The highest BCUT2D eigenvalue weighted by molar-refractivity contribution is 6.03. The van der Waals surface area contributed by atoms with E-state index in [0.29, 0.717) is 5.92 Å². The Hall–Kier alpha value is -4.62. The molecule has 5 aliphatic carbocycles. The van der Waals surface area contributed by atoms with Crippen LogP contribution in [-0.2, 0) is 5.41 Å². The van der Waals surface area contributed by atoms with Crippen molar-refractivity contribution in [3.63, 3.8) is 0 Å². The van der Waals surface area contributed by atoms with Crippen LogP contribution in [0.3, 0.4) is 0 Å². The van der Waals surface area contributed by atoms with Crippen LogP contribution in [0, 0.1) is 11.8 Å². The van der Waals surface area contributed by atoms with Crippen molar-refractivity contribution in [2.75, 3.05) is 4.90 Å². The van der Waals surface area contributed by atoms with Gasteiger partial charge in [-0.25, -0.2) is 0 Å². The number of anilines is 3. The molecule has 5 aliphatic rings. The van der Waals surface area contributed by atoms with Crippen molar-refractivity contribution in [3.05, 3.63) is 150 Å². The molecule has 1 atom stereocenters. The van der Waals surface area contributed by atoms with Gasteiger partial charge in [-0.2, -0.15) is 0 Å². The van der Waals surface area contributed by atoms with Gasteiger partial charge in [-0.05, 0) is 142 Å². The molecule has 1 nitrogen and oxygen atoms in total. The van der Waals surface area contributed by atoms with Crippen LogP contribution in [0.25, 0.3) is 33.0 Å². The summed E-state index contributed by atoms with van der Waals surface area (Å²) >= 11 is 0. The van der Waals surface area contributed by atoms with Gasteiger partial charge in [-0.3, -0.25) is 0 Å². The minimum Gasteiger partial charge on any atom is -0.310 e. The third kappa shape index (κ3) is 5.34. The molecule has 1 unspecified atom stereocenters. The molecule has 0 spiro atoms.